The van der Waals surface area contributed by atoms with E-state index in [9.17, 15) is 19.5 Å². The van der Waals surface area contributed by atoms with Gasteiger partial charge in [-0.1, -0.05) is 30.3 Å². The number of fused-ring (bicyclic) bond motifs is 1. The number of benzene rings is 1. The van der Waals surface area contributed by atoms with E-state index >= 15 is 0 Å². The second kappa shape index (κ2) is 10.3. The van der Waals surface area contributed by atoms with Crippen molar-refractivity contribution in [2.24, 2.45) is 0 Å². The molecule has 0 saturated carbocycles. The molecule has 0 atom stereocenters. The molecule has 3 aromatic heterocycles. The maximum Gasteiger partial charge on any atom is 0.340 e. The van der Waals surface area contributed by atoms with Crippen LogP contribution in [-0.4, -0.2) is 38.4 Å². The van der Waals surface area contributed by atoms with Crippen LogP contribution in [0.15, 0.2) is 59.0 Å². The Morgan fingerprint density at radius 3 is 2.74 bits per heavy atom. The summed E-state index contributed by atoms with van der Waals surface area (Å²) in [5.41, 5.74) is -0.259. The first-order valence-corrected chi connectivity index (χ1v) is 11.5. The molecule has 0 bridgehead atoms. The predicted molar refractivity (Wildman–Crippen MR) is 130 cm³/mol. The van der Waals surface area contributed by atoms with Crippen LogP contribution in [0.4, 0.5) is 11.4 Å². The SMILES string of the molecule is CCOC(=O)CCCn1nc(-c2cccs2)c(C(=O)O)c(Nc2cncc3ccccc23)c1=O. The fraction of sp³-hybridized carbons (Fsp3) is 0.208. The molecule has 0 fully saturated rings. The van der Waals surface area contributed by atoms with Crippen LogP contribution >= 0.6 is 11.3 Å². The summed E-state index contributed by atoms with van der Waals surface area (Å²) in [6.07, 6.45) is 3.67. The summed E-state index contributed by atoms with van der Waals surface area (Å²) in [5, 5.41) is 20.9. The number of nitrogens with one attached hydrogen (secondary N) is 1. The van der Waals surface area contributed by atoms with Crippen molar-refractivity contribution in [3.63, 3.8) is 0 Å². The smallest absolute Gasteiger partial charge is 0.340 e. The van der Waals surface area contributed by atoms with Crippen molar-refractivity contribution in [1.29, 1.82) is 0 Å². The zero-order valence-electron chi connectivity index (χ0n) is 18.4. The zero-order valence-corrected chi connectivity index (χ0v) is 19.2. The van der Waals surface area contributed by atoms with Gasteiger partial charge in [0, 0.05) is 29.9 Å². The van der Waals surface area contributed by atoms with E-state index in [0.29, 0.717) is 17.0 Å². The fourth-order valence-corrected chi connectivity index (χ4v) is 4.30. The molecule has 0 amide bonds. The molecule has 0 unspecified atom stereocenters. The van der Waals surface area contributed by atoms with Gasteiger partial charge in [0.25, 0.3) is 5.56 Å². The highest BCUT2D eigenvalue weighted by Gasteiger charge is 2.25. The van der Waals surface area contributed by atoms with Crippen molar-refractivity contribution in [1.82, 2.24) is 14.8 Å². The molecule has 2 N–H and O–H groups in total. The number of thiophene rings is 1. The molecule has 4 rings (SSSR count). The van der Waals surface area contributed by atoms with E-state index in [1.807, 2.05) is 24.3 Å². The van der Waals surface area contributed by atoms with Gasteiger partial charge >= 0.3 is 11.9 Å². The standard InChI is InChI=1S/C24H22N4O5S/c1-2-33-19(29)10-5-11-28-23(30)22(20(24(31)32)21(27-28)18-9-6-12-34-18)26-17-14-25-13-15-7-3-4-8-16(15)17/h3-4,6-9,12-14,26H,2,5,10-11H2,1H3,(H,31,32). The van der Waals surface area contributed by atoms with Crippen LogP contribution in [0.5, 0.6) is 0 Å². The van der Waals surface area contributed by atoms with E-state index in [4.69, 9.17) is 4.74 Å². The van der Waals surface area contributed by atoms with E-state index in [1.165, 1.54) is 16.0 Å². The molecule has 174 valence electrons. The molecule has 0 aliphatic heterocycles. The maximum atomic E-state index is 13.4. The third-order valence-electron chi connectivity index (χ3n) is 5.11. The van der Waals surface area contributed by atoms with Crippen LogP contribution < -0.4 is 10.9 Å². The van der Waals surface area contributed by atoms with Crippen molar-refractivity contribution in [3.05, 3.63) is 70.1 Å². The number of pyridine rings is 1. The van der Waals surface area contributed by atoms with Crippen molar-refractivity contribution in [3.8, 4) is 10.6 Å². The molecule has 4 aromatic rings. The third-order valence-corrected chi connectivity index (χ3v) is 5.98. The van der Waals surface area contributed by atoms with Gasteiger partial charge in [-0.3, -0.25) is 14.6 Å². The lowest BCUT2D eigenvalue weighted by molar-refractivity contribution is -0.143. The highest BCUT2D eigenvalue weighted by Crippen LogP contribution is 2.31. The van der Waals surface area contributed by atoms with Crippen LogP contribution in [-0.2, 0) is 16.1 Å². The van der Waals surface area contributed by atoms with E-state index in [1.54, 1.807) is 36.8 Å². The summed E-state index contributed by atoms with van der Waals surface area (Å²) in [6, 6.07) is 11.0. The summed E-state index contributed by atoms with van der Waals surface area (Å²) >= 11 is 1.32. The highest BCUT2D eigenvalue weighted by atomic mass is 32.1. The van der Waals surface area contributed by atoms with Crippen molar-refractivity contribution >= 4 is 45.4 Å². The molecule has 0 saturated heterocycles. The molecule has 0 aliphatic rings. The Morgan fingerprint density at radius 1 is 1.18 bits per heavy atom. The van der Waals surface area contributed by atoms with Crippen LogP contribution in [0.25, 0.3) is 21.3 Å². The molecular formula is C24H22N4O5S. The summed E-state index contributed by atoms with van der Waals surface area (Å²) in [5.74, 6) is -1.64. The number of aryl methyl sites for hydroxylation is 1. The first-order valence-electron chi connectivity index (χ1n) is 10.7. The number of esters is 1. The summed E-state index contributed by atoms with van der Waals surface area (Å²) in [7, 11) is 0. The fourth-order valence-electron chi connectivity index (χ4n) is 3.59. The minimum absolute atomic E-state index is 0.111. The first kappa shape index (κ1) is 23.1. The number of aromatic carboxylic acids is 1. The molecule has 0 radical (unpaired) electrons. The normalized spacial score (nSPS) is 10.9. The summed E-state index contributed by atoms with van der Waals surface area (Å²) < 4.78 is 6.14. The van der Waals surface area contributed by atoms with Gasteiger partial charge in [0.2, 0.25) is 0 Å². The van der Waals surface area contributed by atoms with Crippen LogP contribution in [0.2, 0.25) is 0 Å². The number of carbonyl (C=O) groups excluding carboxylic acids is 1. The highest BCUT2D eigenvalue weighted by molar-refractivity contribution is 7.13. The third kappa shape index (κ3) is 4.81. The molecule has 0 spiro atoms. The molecule has 10 heteroatoms. The Bertz CT molecular complexity index is 1390. The van der Waals surface area contributed by atoms with Gasteiger partial charge in [-0.15, -0.1) is 11.3 Å². The van der Waals surface area contributed by atoms with E-state index in [0.717, 1.165) is 10.8 Å². The Hall–Kier alpha value is -4.05. The quantitative estimate of drug-likeness (QED) is 0.341. The lowest BCUT2D eigenvalue weighted by atomic mass is 10.1. The number of hydrogen-bond acceptors (Lipinski definition) is 8. The maximum absolute atomic E-state index is 13.4. The number of rotatable bonds is 9. The van der Waals surface area contributed by atoms with Gasteiger partial charge in [-0.05, 0) is 24.8 Å². The number of ether oxygens (including phenoxy) is 1. The minimum atomic E-state index is -1.28. The van der Waals surface area contributed by atoms with Gasteiger partial charge in [0.05, 0.1) is 23.4 Å². The first-order chi connectivity index (χ1) is 16.5. The van der Waals surface area contributed by atoms with E-state index < -0.39 is 11.5 Å². The number of aromatic nitrogens is 3. The lowest BCUT2D eigenvalue weighted by Gasteiger charge is -2.16. The van der Waals surface area contributed by atoms with Crippen molar-refractivity contribution in [2.45, 2.75) is 26.3 Å². The van der Waals surface area contributed by atoms with Gasteiger partial charge in [-0.2, -0.15) is 5.10 Å². The second-order valence-corrected chi connectivity index (χ2v) is 8.30. The molecule has 0 aliphatic carbocycles. The van der Waals surface area contributed by atoms with Gasteiger partial charge in [-0.25, -0.2) is 9.48 Å². The molecule has 1 aromatic carbocycles. The average Bonchev–Trinajstić information content (AvgIpc) is 3.36. The van der Waals surface area contributed by atoms with Crippen molar-refractivity contribution in [2.75, 3.05) is 11.9 Å². The van der Waals surface area contributed by atoms with Crippen LogP contribution in [0, 0.1) is 0 Å². The Morgan fingerprint density at radius 2 is 2.00 bits per heavy atom. The number of nitrogens with zero attached hydrogens (tertiary/aromatic N) is 3. The van der Waals surface area contributed by atoms with E-state index in [2.05, 4.69) is 15.4 Å². The number of hydrogen-bond donors (Lipinski definition) is 2. The van der Waals surface area contributed by atoms with Gasteiger partial charge in [0.15, 0.2) is 0 Å². The minimum Gasteiger partial charge on any atom is -0.478 e. The predicted octanol–water partition coefficient (Wildman–Crippen LogP) is 4.31. The average molecular weight is 479 g/mol. The lowest BCUT2D eigenvalue weighted by Crippen LogP contribution is -2.29. The van der Waals surface area contributed by atoms with Crippen LogP contribution in [0.1, 0.15) is 30.1 Å². The summed E-state index contributed by atoms with van der Waals surface area (Å²) in [4.78, 5) is 42.3. The Kier molecular flexibility index (Phi) is 6.98. The summed E-state index contributed by atoms with van der Waals surface area (Å²) in [6.45, 7) is 2.13. The number of carboxylic acids is 1. The van der Waals surface area contributed by atoms with Crippen LogP contribution in [0.3, 0.4) is 0 Å². The van der Waals surface area contributed by atoms with E-state index in [-0.39, 0.29) is 42.5 Å². The Labute approximate surface area is 198 Å². The van der Waals surface area contributed by atoms with Gasteiger partial charge in [0.1, 0.15) is 16.9 Å². The topological polar surface area (TPSA) is 123 Å². The number of carbonyl (C=O) groups is 2. The molecule has 34 heavy (non-hydrogen) atoms. The zero-order chi connectivity index (χ0) is 24.1. The second-order valence-electron chi connectivity index (χ2n) is 7.35. The molecular weight excluding hydrogens is 456 g/mol. The van der Waals surface area contributed by atoms with Gasteiger partial charge < -0.3 is 15.2 Å². The Balaban J connectivity index is 1.83. The monoisotopic (exact) mass is 478 g/mol. The number of carboxylic acid groups (broad SMARTS) is 1. The number of anilines is 2. The largest absolute Gasteiger partial charge is 0.478 e. The molecule has 3 heterocycles. The molecule has 9 nitrogen and oxygen atoms in total. The van der Waals surface area contributed by atoms with Crippen molar-refractivity contribution < 1.29 is 19.4 Å².